The number of H-pyrrole nitrogens is 1. The Balaban J connectivity index is 1.74. The van der Waals surface area contributed by atoms with Gasteiger partial charge in [-0.2, -0.15) is 0 Å². The Morgan fingerprint density at radius 2 is 1.70 bits per heavy atom. The standard InChI is InChI=1S/C19H14N/c1-3-16-5-2-6-18-15(8-7-14-11-12-20-13-14)9-10-17(4-1)19(16)18/h1-13,20H/b8-7+. The lowest BCUT2D eigenvalue weighted by atomic mass is 9.73. The maximum Gasteiger partial charge on any atom is 0.0635 e. The van der Waals surface area contributed by atoms with E-state index >= 15 is 0 Å². The van der Waals surface area contributed by atoms with Crippen LogP contribution < -0.4 is 0 Å². The van der Waals surface area contributed by atoms with Crippen LogP contribution in [0.3, 0.4) is 0 Å². The van der Waals surface area contributed by atoms with Crippen molar-refractivity contribution in [3.63, 3.8) is 0 Å². The van der Waals surface area contributed by atoms with E-state index in [1.54, 1.807) is 0 Å². The first-order valence-corrected chi connectivity index (χ1v) is 6.80. The molecule has 0 aromatic carbocycles. The van der Waals surface area contributed by atoms with E-state index in [4.69, 9.17) is 0 Å². The first-order chi connectivity index (χ1) is 9.92. The molecule has 1 heterocycles. The van der Waals surface area contributed by atoms with Crippen molar-refractivity contribution in [1.82, 2.24) is 4.98 Å². The number of hydrogen-bond acceptors (Lipinski definition) is 0. The van der Waals surface area contributed by atoms with Crippen molar-refractivity contribution in [2.75, 3.05) is 0 Å². The van der Waals surface area contributed by atoms with Gasteiger partial charge in [0, 0.05) is 12.4 Å². The summed E-state index contributed by atoms with van der Waals surface area (Å²) in [5.74, 6) is 1.35. The van der Waals surface area contributed by atoms with Crippen molar-refractivity contribution >= 4 is 6.08 Å². The molecule has 4 rings (SSSR count). The van der Waals surface area contributed by atoms with Gasteiger partial charge in [-0.15, -0.1) is 0 Å². The number of aromatic nitrogens is 1. The zero-order valence-electron chi connectivity index (χ0n) is 11.0. The van der Waals surface area contributed by atoms with Gasteiger partial charge in [0.25, 0.3) is 0 Å². The average Bonchev–Trinajstić information content (AvgIpc) is 3.00. The Bertz CT molecular complexity index is 744. The molecule has 3 aliphatic rings. The van der Waals surface area contributed by atoms with Crippen molar-refractivity contribution in [2.24, 2.45) is 0 Å². The second-order valence-electron chi connectivity index (χ2n) is 5.02. The molecule has 1 aromatic rings. The van der Waals surface area contributed by atoms with E-state index < -0.39 is 0 Å². The molecule has 0 saturated carbocycles. The topological polar surface area (TPSA) is 15.8 Å². The highest BCUT2D eigenvalue weighted by Gasteiger charge is 2.28. The fraction of sp³-hybridized carbons (Fsp3) is 0. The minimum absolute atomic E-state index is 1.19. The van der Waals surface area contributed by atoms with Crippen molar-refractivity contribution < 1.29 is 0 Å². The minimum Gasteiger partial charge on any atom is -0.367 e. The third-order valence-corrected chi connectivity index (χ3v) is 3.77. The average molecular weight is 256 g/mol. The van der Waals surface area contributed by atoms with Gasteiger partial charge < -0.3 is 4.98 Å². The van der Waals surface area contributed by atoms with E-state index in [2.05, 4.69) is 71.8 Å². The maximum absolute atomic E-state index is 3.07. The van der Waals surface area contributed by atoms with Crippen molar-refractivity contribution in [3.8, 4) is 0 Å². The van der Waals surface area contributed by atoms with Crippen LogP contribution in [0.15, 0.2) is 95.4 Å². The van der Waals surface area contributed by atoms with Crippen LogP contribution in [0.5, 0.6) is 0 Å². The van der Waals surface area contributed by atoms with Crippen LogP contribution in [0.2, 0.25) is 0 Å². The van der Waals surface area contributed by atoms with E-state index in [9.17, 15) is 0 Å². The van der Waals surface area contributed by atoms with Gasteiger partial charge in [0.1, 0.15) is 0 Å². The summed E-state index contributed by atoms with van der Waals surface area (Å²) in [6, 6.07) is 2.07. The number of rotatable bonds is 2. The van der Waals surface area contributed by atoms with Crippen LogP contribution in [-0.4, -0.2) is 4.98 Å². The van der Waals surface area contributed by atoms with Crippen molar-refractivity contribution in [1.29, 1.82) is 0 Å². The minimum atomic E-state index is 1.19. The van der Waals surface area contributed by atoms with E-state index in [0.717, 1.165) is 0 Å². The summed E-state index contributed by atoms with van der Waals surface area (Å²) in [4.78, 5) is 3.07. The Kier molecular flexibility index (Phi) is 2.56. The second-order valence-corrected chi connectivity index (χ2v) is 5.02. The molecule has 0 bridgehead atoms. The lowest BCUT2D eigenvalue weighted by molar-refractivity contribution is 1.16. The van der Waals surface area contributed by atoms with E-state index in [1.807, 2.05) is 12.4 Å². The lowest BCUT2D eigenvalue weighted by Gasteiger charge is -2.30. The number of allylic oxidation sites excluding steroid dienone is 13. The smallest absolute Gasteiger partial charge is 0.0635 e. The van der Waals surface area contributed by atoms with Crippen LogP contribution in [0.25, 0.3) is 6.08 Å². The SMILES string of the molecule is C1=CC2=CC=CC3=CC=C(/C=C/c4cc[nH]c4)C(=C1)[C]23. The van der Waals surface area contributed by atoms with Gasteiger partial charge in [0.05, 0.1) is 5.92 Å². The van der Waals surface area contributed by atoms with Gasteiger partial charge in [-0.25, -0.2) is 0 Å². The highest BCUT2D eigenvalue weighted by atomic mass is 14.6. The molecule has 0 amide bonds. The Morgan fingerprint density at radius 3 is 2.55 bits per heavy atom. The summed E-state index contributed by atoms with van der Waals surface area (Å²) in [6.45, 7) is 0. The normalized spacial score (nSPS) is 20.4. The highest BCUT2D eigenvalue weighted by Crippen LogP contribution is 2.43. The van der Waals surface area contributed by atoms with Crippen LogP contribution in [-0.2, 0) is 0 Å². The largest absolute Gasteiger partial charge is 0.367 e. The van der Waals surface area contributed by atoms with Gasteiger partial charge in [-0.3, -0.25) is 0 Å². The number of hydrogen-bond donors (Lipinski definition) is 1. The molecule has 1 aromatic heterocycles. The zero-order chi connectivity index (χ0) is 13.4. The highest BCUT2D eigenvalue weighted by molar-refractivity contribution is 5.76. The quantitative estimate of drug-likeness (QED) is 0.804. The fourth-order valence-electron chi connectivity index (χ4n) is 2.79. The predicted octanol–water partition coefficient (Wildman–Crippen LogP) is 4.46. The molecule has 0 spiro atoms. The van der Waals surface area contributed by atoms with Crippen molar-refractivity contribution in [2.45, 2.75) is 0 Å². The Hall–Kier alpha value is -2.54. The van der Waals surface area contributed by atoms with E-state index in [-0.39, 0.29) is 0 Å². The first kappa shape index (κ1) is 11.3. The molecule has 0 unspecified atom stereocenters. The molecule has 3 aliphatic carbocycles. The number of nitrogens with one attached hydrogen (secondary N) is 1. The lowest BCUT2D eigenvalue weighted by Crippen LogP contribution is -2.14. The molecule has 0 fully saturated rings. The van der Waals surface area contributed by atoms with Gasteiger partial charge in [0.2, 0.25) is 0 Å². The second kappa shape index (κ2) is 4.53. The molecular formula is C19H14N. The maximum atomic E-state index is 3.07. The predicted molar refractivity (Wildman–Crippen MR) is 83.7 cm³/mol. The third kappa shape index (κ3) is 1.79. The molecule has 1 radical (unpaired) electrons. The molecule has 20 heavy (non-hydrogen) atoms. The van der Waals surface area contributed by atoms with Gasteiger partial charge >= 0.3 is 0 Å². The summed E-state index contributed by atoms with van der Waals surface area (Å²) in [6.07, 6.45) is 25.6. The first-order valence-electron chi connectivity index (χ1n) is 6.80. The van der Waals surface area contributed by atoms with Crippen LogP contribution in [0, 0.1) is 5.92 Å². The molecule has 0 aliphatic heterocycles. The van der Waals surface area contributed by atoms with Crippen LogP contribution >= 0.6 is 0 Å². The molecule has 1 nitrogen and oxygen atoms in total. The third-order valence-electron chi connectivity index (χ3n) is 3.77. The Labute approximate surface area is 118 Å². The van der Waals surface area contributed by atoms with Crippen LogP contribution in [0.1, 0.15) is 5.56 Å². The monoisotopic (exact) mass is 256 g/mol. The molecule has 1 N–H and O–H groups in total. The molecule has 1 heteroatoms. The summed E-state index contributed by atoms with van der Waals surface area (Å²) in [5.41, 5.74) is 6.37. The Morgan fingerprint density at radius 1 is 0.850 bits per heavy atom. The van der Waals surface area contributed by atoms with Crippen molar-refractivity contribution in [3.05, 3.63) is 107 Å². The summed E-state index contributed by atoms with van der Waals surface area (Å²) in [5, 5.41) is 0. The van der Waals surface area contributed by atoms with Gasteiger partial charge in [-0.05, 0) is 33.9 Å². The molecule has 95 valence electrons. The van der Waals surface area contributed by atoms with Gasteiger partial charge in [0.15, 0.2) is 0 Å². The molecule has 0 saturated heterocycles. The molecular weight excluding hydrogens is 242 g/mol. The fourth-order valence-corrected chi connectivity index (χ4v) is 2.79. The van der Waals surface area contributed by atoms with Gasteiger partial charge in [-0.1, -0.05) is 60.8 Å². The summed E-state index contributed by atoms with van der Waals surface area (Å²) >= 11 is 0. The zero-order valence-corrected chi connectivity index (χ0v) is 11.0. The van der Waals surface area contributed by atoms with Crippen LogP contribution in [0.4, 0.5) is 0 Å². The van der Waals surface area contributed by atoms with E-state index in [0.29, 0.717) is 0 Å². The summed E-state index contributed by atoms with van der Waals surface area (Å²) in [7, 11) is 0. The summed E-state index contributed by atoms with van der Waals surface area (Å²) < 4.78 is 0. The van der Waals surface area contributed by atoms with E-state index in [1.165, 1.54) is 33.8 Å². The molecule has 0 atom stereocenters. The number of aromatic amines is 1.